The molecule has 4 heterocycles. The predicted octanol–water partition coefficient (Wildman–Crippen LogP) is 14.1. The summed E-state index contributed by atoms with van der Waals surface area (Å²) in [6.45, 7) is 20.9. The van der Waals surface area contributed by atoms with E-state index in [9.17, 15) is 48.3 Å². The molecule has 10 rings (SSSR count). The molecule has 1 unspecified atom stereocenters. The van der Waals surface area contributed by atoms with Crippen LogP contribution in [0.3, 0.4) is 0 Å². The topological polar surface area (TPSA) is 196 Å². The number of nitrogens with zero attached hydrogens (tertiary/aromatic N) is 4. The van der Waals surface area contributed by atoms with Crippen molar-refractivity contribution in [3.05, 3.63) is 197 Å². The number of amides is 8. The van der Waals surface area contributed by atoms with Gasteiger partial charge >= 0.3 is 24.5 Å². The van der Waals surface area contributed by atoms with Crippen LogP contribution >= 0.6 is 0 Å². The van der Waals surface area contributed by atoms with E-state index in [-0.39, 0.29) is 58.8 Å². The fraction of sp³-hybridized carbons (Fsp3) is 0.366. The number of imide groups is 4. The van der Waals surface area contributed by atoms with Gasteiger partial charge in [-0.05, 0) is 185 Å². The number of carbonyl (C=O) groups is 9. The van der Waals surface area contributed by atoms with E-state index in [2.05, 4.69) is 0 Å². The number of benzene rings is 6. The number of hydrogen-bond acceptors (Lipinski definition) is 11. The van der Waals surface area contributed by atoms with Crippen LogP contribution in [0.15, 0.2) is 97.1 Å². The van der Waals surface area contributed by atoms with E-state index < -0.39 is 155 Å². The highest BCUT2D eigenvalue weighted by molar-refractivity contribution is 6.36. The van der Waals surface area contributed by atoms with Crippen molar-refractivity contribution in [2.45, 2.75) is 155 Å². The van der Waals surface area contributed by atoms with Gasteiger partial charge in [-0.2, -0.15) is 39.5 Å². The zero-order valence-electron chi connectivity index (χ0n) is 54.1. The summed E-state index contributed by atoms with van der Waals surface area (Å²) in [5, 5.41) is 9.20. The quantitative estimate of drug-likeness (QED) is 0.0500. The summed E-state index contributed by atoms with van der Waals surface area (Å²) in [6.07, 6.45) is -17.7. The van der Waals surface area contributed by atoms with Crippen LogP contribution in [0.5, 0.6) is 0 Å². The van der Waals surface area contributed by atoms with E-state index in [1.165, 1.54) is 32.9 Å². The van der Waals surface area contributed by atoms with E-state index in [1.807, 2.05) is 0 Å². The van der Waals surface area contributed by atoms with E-state index in [4.69, 9.17) is 4.74 Å². The number of fused-ring (bicyclic) bond motifs is 4. The van der Waals surface area contributed by atoms with Crippen molar-refractivity contribution in [1.82, 2.24) is 9.80 Å². The van der Waals surface area contributed by atoms with Gasteiger partial charge in [0.25, 0.3) is 47.3 Å². The first-order chi connectivity index (χ1) is 43.7. The number of anilines is 2. The van der Waals surface area contributed by atoms with Gasteiger partial charge in [-0.25, -0.2) is 14.6 Å². The molecule has 1 atom stereocenters. The molecule has 8 amide bonds. The maximum Gasteiger partial charge on any atom is 0.411 e. The van der Waals surface area contributed by atoms with Crippen LogP contribution in [0, 0.1) is 20.8 Å². The summed E-state index contributed by atoms with van der Waals surface area (Å²) in [5.74, 6) is -9.34. The molecule has 6 aromatic carbocycles. The van der Waals surface area contributed by atoms with Crippen LogP contribution in [-0.2, 0) is 26.4 Å². The standard InChI is InChI=1S/C71H65F9N4O11/c1-34-26-35(2)53(82-55(87)45-20-16-38(30-48(45)57(82)89)67(14,69(72,73)74)39-17-21-46-50(31-39)60(92)83(58(46)90)64(7,8)9)36(3)52(34)65(10,11)66(12,13)84-59(91)47-23-19-41(33-51(47)61(84)93)68(70(75,76)77,71(78,79)80)40-18-22-44-49(32-40)56(88)81(54(44)86)43-28-37(62(94)95-25-15-24-85)27-42(29-43)63(4,5)6/h16-23,26-33,85H,15,24-25H2,1-14H3. The van der Waals surface area contributed by atoms with Gasteiger partial charge in [0, 0.05) is 24.0 Å². The number of hydrogen-bond donors (Lipinski definition) is 1. The smallest absolute Gasteiger partial charge is 0.411 e. The lowest BCUT2D eigenvalue weighted by Crippen LogP contribution is -2.58. The minimum atomic E-state index is -6.33. The molecule has 0 aromatic heterocycles. The van der Waals surface area contributed by atoms with E-state index in [1.54, 1.807) is 75.3 Å². The molecule has 95 heavy (non-hydrogen) atoms. The summed E-state index contributed by atoms with van der Waals surface area (Å²) < 4.78 is 149. The third-order valence-corrected chi connectivity index (χ3v) is 19.3. The van der Waals surface area contributed by atoms with Crippen molar-refractivity contribution < 1.29 is 92.5 Å². The number of aliphatic hydroxyl groups excluding tert-OH is 1. The van der Waals surface area contributed by atoms with Gasteiger partial charge in [-0.1, -0.05) is 65.0 Å². The van der Waals surface area contributed by atoms with E-state index in [0.29, 0.717) is 68.5 Å². The Kier molecular flexibility index (Phi) is 16.0. The van der Waals surface area contributed by atoms with Gasteiger partial charge < -0.3 is 9.84 Å². The molecular weight excluding hydrogens is 1260 g/mol. The SMILES string of the molecule is Cc1cc(C)c(C(C)(C)C(C)(C)N2C(=O)c3ccc(C(c4ccc5c(c4)C(=O)N(c4cc(C(=O)OCCCO)cc(C(C)(C)C)c4)C5=O)(C(F)(F)F)C(F)(F)F)cc3C2=O)c(C)c1N1C(=O)c2ccc(C(C)(c3ccc4c(c3)C(=O)N(C(C)(C)C)C4=O)C(F)(F)F)cc2C1=O. The van der Waals surface area contributed by atoms with Crippen molar-refractivity contribution in [2.24, 2.45) is 0 Å². The molecule has 6 aromatic rings. The summed E-state index contributed by atoms with van der Waals surface area (Å²) in [5.41, 5.74) is -20.0. The third-order valence-electron chi connectivity index (χ3n) is 19.3. The Bertz CT molecular complexity index is 4420. The number of carbonyl (C=O) groups excluding carboxylic acids is 9. The van der Waals surface area contributed by atoms with Crippen molar-refractivity contribution in [1.29, 1.82) is 0 Å². The number of esters is 1. The predicted molar refractivity (Wildman–Crippen MR) is 329 cm³/mol. The highest BCUT2D eigenvalue weighted by Gasteiger charge is 2.73. The maximum atomic E-state index is 16.1. The van der Waals surface area contributed by atoms with Gasteiger partial charge in [-0.3, -0.25) is 48.2 Å². The first-order valence-electron chi connectivity index (χ1n) is 30.0. The first-order valence-corrected chi connectivity index (χ1v) is 30.0. The molecule has 24 heteroatoms. The van der Waals surface area contributed by atoms with Crippen molar-refractivity contribution in [2.75, 3.05) is 23.0 Å². The second-order valence-corrected chi connectivity index (χ2v) is 27.6. The molecule has 498 valence electrons. The fourth-order valence-corrected chi connectivity index (χ4v) is 13.8. The molecule has 0 aliphatic carbocycles. The molecule has 1 N–H and O–H groups in total. The minimum absolute atomic E-state index is 0.0318. The first kappa shape index (κ1) is 68.5. The molecule has 4 aliphatic rings. The number of ether oxygens (including phenoxy) is 1. The van der Waals surface area contributed by atoms with Crippen LogP contribution in [0.25, 0.3) is 0 Å². The van der Waals surface area contributed by atoms with Crippen LogP contribution in [0.4, 0.5) is 50.9 Å². The Morgan fingerprint density at radius 3 is 1.29 bits per heavy atom. The van der Waals surface area contributed by atoms with Gasteiger partial charge in [0.15, 0.2) is 0 Å². The second kappa shape index (κ2) is 22.1. The van der Waals surface area contributed by atoms with Crippen molar-refractivity contribution >= 4 is 64.6 Å². The molecule has 0 radical (unpaired) electrons. The zero-order valence-corrected chi connectivity index (χ0v) is 54.1. The largest absolute Gasteiger partial charge is 0.462 e. The van der Waals surface area contributed by atoms with Crippen molar-refractivity contribution in [3.63, 3.8) is 0 Å². The van der Waals surface area contributed by atoms with E-state index >= 15 is 39.5 Å². The Balaban J connectivity index is 0.993. The summed E-state index contributed by atoms with van der Waals surface area (Å²) in [7, 11) is 0. The third kappa shape index (κ3) is 10.1. The lowest BCUT2D eigenvalue weighted by molar-refractivity contribution is -0.288. The molecular formula is C71H65F9N4O11. The maximum absolute atomic E-state index is 16.1. The molecule has 15 nitrogen and oxygen atoms in total. The Labute approximate surface area is 539 Å². The van der Waals surface area contributed by atoms with Gasteiger partial charge in [0.05, 0.1) is 73.6 Å². The summed E-state index contributed by atoms with van der Waals surface area (Å²) in [6, 6.07) is 14.4. The van der Waals surface area contributed by atoms with Gasteiger partial charge in [0.1, 0.15) is 5.41 Å². The number of aryl methyl sites for hydroxylation is 2. The number of aliphatic hydroxyl groups is 1. The van der Waals surface area contributed by atoms with Gasteiger partial charge in [-0.15, -0.1) is 0 Å². The summed E-state index contributed by atoms with van der Waals surface area (Å²) in [4.78, 5) is 130. The highest BCUT2D eigenvalue weighted by atomic mass is 19.4. The van der Waals surface area contributed by atoms with Crippen LogP contribution in [-0.4, -0.2) is 111 Å². The Morgan fingerprint density at radius 1 is 0.442 bits per heavy atom. The fourth-order valence-electron chi connectivity index (χ4n) is 13.8. The molecule has 0 saturated carbocycles. The monoisotopic (exact) mass is 1320 g/mol. The molecule has 0 saturated heterocycles. The Hall–Kier alpha value is -9.32. The normalized spacial score (nSPS) is 16.3. The lowest BCUT2D eigenvalue weighted by atomic mass is 9.65. The van der Waals surface area contributed by atoms with E-state index in [0.717, 1.165) is 59.2 Å². The van der Waals surface area contributed by atoms with Crippen LogP contribution < -0.4 is 9.80 Å². The average Bonchev–Trinajstić information content (AvgIpc) is 1.69. The minimum Gasteiger partial charge on any atom is -0.462 e. The van der Waals surface area contributed by atoms with Crippen molar-refractivity contribution in [3.8, 4) is 0 Å². The van der Waals surface area contributed by atoms with Crippen LogP contribution in [0.1, 0.15) is 226 Å². The number of halogens is 9. The highest BCUT2D eigenvalue weighted by Crippen LogP contribution is 2.58. The van der Waals surface area contributed by atoms with Gasteiger partial charge in [0.2, 0.25) is 5.41 Å². The average molecular weight is 1320 g/mol. The second-order valence-electron chi connectivity index (χ2n) is 27.6. The number of alkyl halides is 9. The Morgan fingerprint density at radius 2 is 0.842 bits per heavy atom. The molecule has 0 spiro atoms. The zero-order chi connectivity index (χ0) is 70.7. The summed E-state index contributed by atoms with van der Waals surface area (Å²) >= 11 is 0. The number of rotatable bonds is 13. The molecule has 4 aliphatic heterocycles. The molecule has 0 bridgehead atoms. The lowest BCUT2D eigenvalue weighted by Gasteiger charge is -2.48. The van der Waals surface area contributed by atoms with Crippen LogP contribution in [0.2, 0.25) is 0 Å². The molecule has 0 fully saturated rings.